The molecule has 0 spiro atoms. The fourth-order valence-corrected chi connectivity index (χ4v) is 5.59. The van der Waals surface area contributed by atoms with Crippen LogP contribution in [0.5, 0.6) is 5.75 Å². The summed E-state index contributed by atoms with van der Waals surface area (Å²) in [5.41, 5.74) is 5.49. The fraction of sp³-hybridized carbons (Fsp3) is 0.257. The molecule has 0 radical (unpaired) electrons. The molecule has 6 nitrogen and oxygen atoms in total. The number of rotatable bonds is 9. The Kier molecular flexibility index (Phi) is 9.57. The third kappa shape index (κ3) is 7.01. The highest BCUT2D eigenvalue weighted by Crippen LogP contribution is 2.36. The van der Waals surface area contributed by atoms with Crippen LogP contribution in [0.15, 0.2) is 91.0 Å². The monoisotopic (exact) mass is 581 g/mol. The number of ether oxygens (including phenoxy) is 1. The molecule has 4 aromatic rings. The van der Waals surface area contributed by atoms with Gasteiger partial charge in [0, 0.05) is 40.1 Å². The van der Waals surface area contributed by atoms with Crippen molar-refractivity contribution in [1.82, 2.24) is 5.32 Å². The molecule has 5 rings (SSSR count). The van der Waals surface area contributed by atoms with Crippen molar-refractivity contribution in [2.75, 3.05) is 29.9 Å². The summed E-state index contributed by atoms with van der Waals surface area (Å²) in [5, 5.41) is 7.28. The summed E-state index contributed by atoms with van der Waals surface area (Å²) >= 11 is 6.44. The molecule has 0 aromatic heterocycles. The molecule has 2 N–H and O–H groups in total. The van der Waals surface area contributed by atoms with Gasteiger partial charge in [0.05, 0.1) is 6.61 Å². The lowest BCUT2D eigenvalue weighted by atomic mass is 10.0. The zero-order valence-corrected chi connectivity index (χ0v) is 24.8. The highest BCUT2D eigenvalue weighted by atomic mass is 35.5. The Hall–Kier alpha value is -4.13. The molecule has 0 saturated carbocycles. The highest BCUT2D eigenvalue weighted by Gasteiger charge is 2.28. The number of hydrogen-bond donors (Lipinski definition) is 2. The summed E-state index contributed by atoms with van der Waals surface area (Å²) in [5.74, 6) is 0.634. The predicted octanol–water partition coefficient (Wildman–Crippen LogP) is 7.75. The van der Waals surface area contributed by atoms with E-state index in [-0.39, 0.29) is 17.9 Å². The van der Waals surface area contributed by atoms with Gasteiger partial charge in [-0.25, -0.2) is 0 Å². The summed E-state index contributed by atoms with van der Waals surface area (Å²) in [6.07, 6.45) is 2.59. The van der Waals surface area contributed by atoms with Gasteiger partial charge >= 0.3 is 0 Å². The molecule has 1 atom stereocenters. The summed E-state index contributed by atoms with van der Waals surface area (Å²) < 4.78 is 5.84. The number of nitrogens with zero attached hydrogens (tertiary/aromatic N) is 1. The quantitative estimate of drug-likeness (QED) is 0.198. The first-order valence-electron chi connectivity index (χ1n) is 14.4. The van der Waals surface area contributed by atoms with Crippen LogP contribution in [0.2, 0.25) is 5.02 Å². The van der Waals surface area contributed by atoms with Crippen LogP contribution >= 0.6 is 11.6 Å². The van der Waals surface area contributed by atoms with E-state index in [9.17, 15) is 9.59 Å². The predicted molar refractivity (Wildman–Crippen MR) is 170 cm³/mol. The molecular formula is C35H36ClN3O3. The first kappa shape index (κ1) is 29.4. The van der Waals surface area contributed by atoms with Crippen LogP contribution in [-0.2, 0) is 0 Å². The minimum absolute atomic E-state index is 0.0650. The van der Waals surface area contributed by atoms with Crippen molar-refractivity contribution in [3.8, 4) is 5.75 Å². The number of carbonyl (C=O) groups excluding carboxylic acids is 2. The smallest absolute Gasteiger partial charge is 0.258 e. The molecule has 216 valence electrons. The van der Waals surface area contributed by atoms with E-state index in [0.717, 1.165) is 53.9 Å². The lowest BCUT2D eigenvalue weighted by Gasteiger charge is -2.25. The zero-order chi connectivity index (χ0) is 29.5. The van der Waals surface area contributed by atoms with Gasteiger partial charge in [-0.05, 0) is 111 Å². The van der Waals surface area contributed by atoms with E-state index < -0.39 is 0 Å². The Morgan fingerprint density at radius 1 is 0.905 bits per heavy atom. The minimum atomic E-state index is -0.171. The summed E-state index contributed by atoms with van der Waals surface area (Å²) in [6.45, 7) is 5.82. The van der Waals surface area contributed by atoms with Crippen LogP contribution in [0.25, 0.3) is 0 Å². The molecule has 1 aliphatic rings. The maximum Gasteiger partial charge on any atom is 0.258 e. The van der Waals surface area contributed by atoms with Crippen molar-refractivity contribution in [2.24, 2.45) is 0 Å². The second-order valence-corrected chi connectivity index (χ2v) is 11.1. The lowest BCUT2D eigenvalue weighted by molar-refractivity contribution is 0.0985. The first-order valence-corrected chi connectivity index (χ1v) is 14.8. The van der Waals surface area contributed by atoms with Crippen LogP contribution in [0.3, 0.4) is 0 Å². The van der Waals surface area contributed by atoms with E-state index in [0.29, 0.717) is 35.0 Å². The summed E-state index contributed by atoms with van der Waals surface area (Å²) in [6, 6.07) is 28.6. The number of anilines is 2. The minimum Gasteiger partial charge on any atom is -0.494 e. The maximum atomic E-state index is 13.9. The van der Waals surface area contributed by atoms with Gasteiger partial charge < -0.3 is 20.3 Å². The van der Waals surface area contributed by atoms with Crippen molar-refractivity contribution in [1.29, 1.82) is 0 Å². The lowest BCUT2D eigenvalue weighted by Crippen LogP contribution is -2.32. The number of carbonyl (C=O) groups is 2. The molecule has 4 aromatic carbocycles. The van der Waals surface area contributed by atoms with E-state index in [4.69, 9.17) is 16.3 Å². The molecule has 1 heterocycles. The van der Waals surface area contributed by atoms with Crippen molar-refractivity contribution < 1.29 is 14.3 Å². The normalized spacial score (nSPS) is 14.5. The largest absolute Gasteiger partial charge is 0.494 e. The second kappa shape index (κ2) is 13.7. The average molecular weight is 582 g/mol. The van der Waals surface area contributed by atoms with E-state index in [1.165, 1.54) is 0 Å². The third-order valence-corrected chi connectivity index (χ3v) is 7.84. The van der Waals surface area contributed by atoms with Crippen molar-refractivity contribution in [2.45, 2.75) is 39.2 Å². The van der Waals surface area contributed by atoms with Gasteiger partial charge in [-0.3, -0.25) is 9.59 Å². The molecule has 0 bridgehead atoms. The Morgan fingerprint density at radius 2 is 1.69 bits per heavy atom. The standard InChI is InChI=1S/C35H36ClN3O3/c1-24-10-6-7-13-29(24)34(40)38-27-16-17-30(25(2)22-27)35(41)39-20-8-14-32(31-23-26(36)15-18-33(31)39)37-19-9-21-42-28-11-4-3-5-12-28/h3-7,10-13,15-18,22-23,32,37H,8-9,14,19-21H2,1-2H3,(H,38,40). The molecule has 1 unspecified atom stereocenters. The van der Waals surface area contributed by atoms with Crippen molar-refractivity contribution in [3.63, 3.8) is 0 Å². The number of amides is 2. The van der Waals surface area contributed by atoms with Gasteiger partial charge in [-0.15, -0.1) is 0 Å². The van der Waals surface area contributed by atoms with Crippen LogP contribution in [0, 0.1) is 13.8 Å². The van der Waals surface area contributed by atoms with Gasteiger partial charge in [0.1, 0.15) is 5.75 Å². The number of nitrogens with one attached hydrogen (secondary N) is 2. The van der Waals surface area contributed by atoms with Crippen LogP contribution in [0.1, 0.15) is 62.7 Å². The van der Waals surface area contributed by atoms with Crippen LogP contribution in [-0.4, -0.2) is 31.5 Å². The number of hydrogen-bond acceptors (Lipinski definition) is 4. The Bertz CT molecular complexity index is 1560. The van der Waals surface area contributed by atoms with Gasteiger partial charge in [0.15, 0.2) is 0 Å². The topological polar surface area (TPSA) is 70.7 Å². The van der Waals surface area contributed by atoms with Gasteiger partial charge in [-0.2, -0.15) is 0 Å². The molecule has 0 fully saturated rings. The van der Waals surface area contributed by atoms with E-state index in [2.05, 4.69) is 10.6 Å². The Balaban J connectivity index is 1.27. The van der Waals surface area contributed by atoms with Crippen molar-refractivity contribution >= 4 is 34.8 Å². The number of benzene rings is 4. The van der Waals surface area contributed by atoms with E-state index >= 15 is 0 Å². The maximum absolute atomic E-state index is 13.9. The number of halogens is 1. The van der Waals surface area contributed by atoms with E-state index in [1.54, 1.807) is 18.2 Å². The summed E-state index contributed by atoms with van der Waals surface area (Å²) in [4.78, 5) is 28.6. The van der Waals surface area contributed by atoms with Gasteiger partial charge in [0.2, 0.25) is 0 Å². The average Bonchev–Trinajstić information content (AvgIpc) is 3.16. The van der Waals surface area contributed by atoms with Gasteiger partial charge in [-0.1, -0.05) is 48.0 Å². The number of aryl methyl sites for hydroxylation is 2. The highest BCUT2D eigenvalue weighted by molar-refractivity contribution is 6.30. The molecule has 1 aliphatic heterocycles. The number of fused-ring (bicyclic) bond motifs is 1. The molecule has 0 saturated heterocycles. The fourth-order valence-electron chi connectivity index (χ4n) is 5.41. The Labute approximate surface area is 252 Å². The Morgan fingerprint density at radius 3 is 2.48 bits per heavy atom. The molecular weight excluding hydrogens is 546 g/mol. The molecule has 42 heavy (non-hydrogen) atoms. The first-order chi connectivity index (χ1) is 20.4. The third-order valence-electron chi connectivity index (χ3n) is 7.60. The van der Waals surface area contributed by atoms with Crippen LogP contribution < -0.4 is 20.3 Å². The zero-order valence-electron chi connectivity index (χ0n) is 24.0. The molecule has 0 aliphatic carbocycles. The summed E-state index contributed by atoms with van der Waals surface area (Å²) in [7, 11) is 0. The van der Waals surface area contributed by atoms with Crippen molar-refractivity contribution in [3.05, 3.63) is 124 Å². The number of para-hydroxylation sites is 1. The molecule has 2 amide bonds. The van der Waals surface area contributed by atoms with Crippen LogP contribution in [0.4, 0.5) is 11.4 Å². The van der Waals surface area contributed by atoms with Gasteiger partial charge in [0.25, 0.3) is 11.8 Å². The SMILES string of the molecule is Cc1ccccc1C(=O)Nc1ccc(C(=O)N2CCCC(NCCCOc3ccccc3)c3cc(Cl)ccc32)c(C)c1. The molecule has 7 heteroatoms. The van der Waals surface area contributed by atoms with E-state index in [1.807, 2.05) is 91.5 Å². The second-order valence-electron chi connectivity index (χ2n) is 10.6.